The fraction of sp³-hybridized carbons (Fsp3) is 0.143. The lowest BCUT2D eigenvalue weighted by atomic mass is 10.0. The van der Waals surface area contributed by atoms with Crippen LogP contribution in [0.25, 0.3) is 11.1 Å². The fourth-order valence-corrected chi connectivity index (χ4v) is 2.03. The summed E-state index contributed by atoms with van der Waals surface area (Å²) in [5.74, 6) is -0.174. The number of aromatic nitrogens is 1. The van der Waals surface area contributed by atoms with Gasteiger partial charge in [-0.05, 0) is 30.7 Å². The fourth-order valence-electron chi connectivity index (χ4n) is 1.71. The van der Waals surface area contributed by atoms with E-state index in [1.807, 2.05) is 0 Å². The SMILES string of the molecule is CC(=O)c1ccc(-c2ccc(C(F)(F)F)nc2)cc1Cl. The first-order chi connectivity index (χ1) is 9.29. The highest BCUT2D eigenvalue weighted by atomic mass is 35.5. The van der Waals surface area contributed by atoms with Gasteiger partial charge in [0.2, 0.25) is 0 Å². The van der Waals surface area contributed by atoms with Gasteiger partial charge in [-0.25, -0.2) is 0 Å². The summed E-state index contributed by atoms with van der Waals surface area (Å²) in [5, 5.41) is 0.259. The number of nitrogens with zero attached hydrogens (tertiary/aromatic N) is 1. The van der Waals surface area contributed by atoms with Crippen LogP contribution in [0.4, 0.5) is 13.2 Å². The van der Waals surface area contributed by atoms with Crippen molar-refractivity contribution in [2.24, 2.45) is 0 Å². The molecule has 104 valence electrons. The Hall–Kier alpha value is -1.88. The number of pyridine rings is 1. The third-order valence-electron chi connectivity index (χ3n) is 2.74. The molecule has 0 spiro atoms. The molecule has 0 saturated carbocycles. The molecular formula is C14H9ClF3NO. The number of Topliss-reactive ketones (excluding diaryl/α,β-unsaturated/α-hetero) is 1. The van der Waals surface area contributed by atoms with Gasteiger partial charge < -0.3 is 0 Å². The molecule has 0 aliphatic carbocycles. The summed E-state index contributed by atoms with van der Waals surface area (Å²) in [6.07, 6.45) is -3.34. The Labute approximate surface area is 118 Å². The topological polar surface area (TPSA) is 30.0 Å². The van der Waals surface area contributed by atoms with Gasteiger partial charge >= 0.3 is 6.18 Å². The van der Waals surface area contributed by atoms with E-state index >= 15 is 0 Å². The van der Waals surface area contributed by atoms with Crippen molar-refractivity contribution in [2.45, 2.75) is 13.1 Å². The summed E-state index contributed by atoms with van der Waals surface area (Å²) in [7, 11) is 0. The molecule has 2 nitrogen and oxygen atoms in total. The van der Waals surface area contributed by atoms with Gasteiger partial charge in [-0.15, -0.1) is 0 Å². The van der Waals surface area contributed by atoms with Gasteiger partial charge in [0.25, 0.3) is 0 Å². The Bertz CT molecular complexity index is 650. The lowest BCUT2D eigenvalue weighted by molar-refractivity contribution is -0.141. The third-order valence-corrected chi connectivity index (χ3v) is 3.05. The lowest BCUT2D eigenvalue weighted by Gasteiger charge is -2.08. The van der Waals surface area contributed by atoms with Crippen LogP contribution in [0.3, 0.4) is 0 Å². The van der Waals surface area contributed by atoms with Crippen molar-refractivity contribution in [3.8, 4) is 11.1 Å². The maximum atomic E-state index is 12.4. The molecule has 0 amide bonds. The number of hydrogen-bond donors (Lipinski definition) is 0. The van der Waals surface area contributed by atoms with Gasteiger partial charge in [-0.1, -0.05) is 23.7 Å². The third kappa shape index (κ3) is 2.99. The molecule has 0 aliphatic heterocycles. The van der Waals surface area contributed by atoms with E-state index in [0.29, 0.717) is 16.7 Å². The molecule has 2 rings (SSSR count). The van der Waals surface area contributed by atoms with Crippen LogP contribution in [0.15, 0.2) is 36.5 Å². The Morgan fingerprint density at radius 3 is 2.25 bits per heavy atom. The summed E-state index contributed by atoms with van der Waals surface area (Å²) in [5.41, 5.74) is 0.513. The molecule has 0 radical (unpaired) electrons. The van der Waals surface area contributed by atoms with Crippen LogP contribution >= 0.6 is 11.6 Å². The van der Waals surface area contributed by atoms with E-state index in [-0.39, 0.29) is 10.8 Å². The largest absolute Gasteiger partial charge is 0.433 e. The van der Waals surface area contributed by atoms with E-state index in [1.165, 1.54) is 25.1 Å². The number of alkyl halides is 3. The van der Waals surface area contributed by atoms with Gasteiger partial charge in [0.15, 0.2) is 5.78 Å². The molecule has 0 fully saturated rings. The molecule has 0 unspecified atom stereocenters. The molecule has 2 aromatic rings. The molecule has 0 aliphatic rings. The first-order valence-electron chi connectivity index (χ1n) is 5.63. The molecule has 6 heteroatoms. The van der Waals surface area contributed by atoms with E-state index in [1.54, 1.807) is 6.07 Å². The zero-order valence-corrected chi connectivity index (χ0v) is 11.1. The minimum absolute atomic E-state index is 0.174. The maximum Gasteiger partial charge on any atom is 0.433 e. The molecular weight excluding hydrogens is 291 g/mol. The van der Waals surface area contributed by atoms with Crippen molar-refractivity contribution < 1.29 is 18.0 Å². The Kier molecular flexibility index (Phi) is 3.81. The summed E-state index contributed by atoms with van der Waals surface area (Å²) in [4.78, 5) is 14.6. The van der Waals surface area contributed by atoms with Crippen molar-refractivity contribution in [2.75, 3.05) is 0 Å². The summed E-state index contributed by atoms with van der Waals surface area (Å²) in [6.45, 7) is 1.39. The maximum absolute atomic E-state index is 12.4. The van der Waals surface area contributed by atoms with Crippen LogP contribution in [0, 0.1) is 0 Å². The molecule has 0 atom stereocenters. The van der Waals surface area contributed by atoms with E-state index < -0.39 is 11.9 Å². The summed E-state index contributed by atoms with van der Waals surface area (Å²) >= 11 is 5.96. The highest BCUT2D eigenvalue weighted by molar-refractivity contribution is 6.34. The van der Waals surface area contributed by atoms with Gasteiger partial charge in [-0.3, -0.25) is 9.78 Å². The van der Waals surface area contributed by atoms with E-state index in [9.17, 15) is 18.0 Å². The summed E-state index contributed by atoms with van der Waals surface area (Å²) in [6, 6.07) is 6.91. The van der Waals surface area contributed by atoms with E-state index in [4.69, 9.17) is 11.6 Å². The normalized spacial score (nSPS) is 11.4. The molecule has 1 aromatic heterocycles. The molecule has 0 saturated heterocycles. The molecule has 1 heterocycles. The molecule has 0 bridgehead atoms. The molecule has 0 N–H and O–H groups in total. The van der Waals surface area contributed by atoms with Crippen molar-refractivity contribution in [3.05, 3.63) is 52.8 Å². The van der Waals surface area contributed by atoms with Crippen molar-refractivity contribution in [1.29, 1.82) is 0 Å². The predicted molar refractivity (Wildman–Crippen MR) is 69.7 cm³/mol. The minimum atomic E-state index is -4.46. The number of carbonyl (C=O) groups is 1. The molecule has 1 aromatic carbocycles. The first kappa shape index (κ1) is 14.5. The summed E-state index contributed by atoms with van der Waals surface area (Å²) < 4.78 is 37.2. The molecule has 20 heavy (non-hydrogen) atoms. The smallest absolute Gasteiger partial charge is 0.294 e. The average Bonchev–Trinajstić information content (AvgIpc) is 2.37. The number of rotatable bonds is 2. The van der Waals surface area contributed by atoms with Crippen molar-refractivity contribution in [1.82, 2.24) is 4.98 Å². The number of ketones is 1. The van der Waals surface area contributed by atoms with Crippen molar-refractivity contribution >= 4 is 17.4 Å². The van der Waals surface area contributed by atoms with E-state index in [0.717, 1.165) is 12.3 Å². The zero-order chi connectivity index (χ0) is 14.9. The number of benzene rings is 1. The monoisotopic (exact) mass is 299 g/mol. The lowest BCUT2D eigenvalue weighted by Crippen LogP contribution is -2.07. The van der Waals surface area contributed by atoms with Gasteiger partial charge in [0, 0.05) is 17.3 Å². The predicted octanol–water partition coefficient (Wildman–Crippen LogP) is 4.62. The van der Waals surface area contributed by atoms with Crippen LogP contribution in [0.5, 0.6) is 0 Å². The van der Waals surface area contributed by atoms with Crippen LogP contribution in [0.1, 0.15) is 23.0 Å². The number of hydrogen-bond acceptors (Lipinski definition) is 2. The highest BCUT2D eigenvalue weighted by Gasteiger charge is 2.32. The second-order valence-electron chi connectivity index (χ2n) is 4.18. The standard InChI is InChI=1S/C14H9ClF3NO/c1-8(20)11-4-2-9(6-12(11)15)10-3-5-13(19-7-10)14(16,17)18/h2-7H,1H3. The van der Waals surface area contributed by atoms with Gasteiger partial charge in [0.1, 0.15) is 5.69 Å². The minimum Gasteiger partial charge on any atom is -0.294 e. The Morgan fingerprint density at radius 2 is 1.80 bits per heavy atom. The van der Waals surface area contributed by atoms with Crippen LogP contribution in [0.2, 0.25) is 5.02 Å². The Balaban J connectivity index is 2.37. The van der Waals surface area contributed by atoms with Crippen LogP contribution < -0.4 is 0 Å². The van der Waals surface area contributed by atoms with Crippen LogP contribution in [-0.4, -0.2) is 10.8 Å². The Morgan fingerprint density at radius 1 is 1.15 bits per heavy atom. The second kappa shape index (κ2) is 5.25. The number of carbonyl (C=O) groups excluding carboxylic acids is 1. The van der Waals surface area contributed by atoms with Gasteiger partial charge in [-0.2, -0.15) is 13.2 Å². The quantitative estimate of drug-likeness (QED) is 0.757. The average molecular weight is 300 g/mol. The van der Waals surface area contributed by atoms with Gasteiger partial charge in [0.05, 0.1) is 5.02 Å². The van der Waals surface area contributed by atoms with Crippen molar-refractivity contribution in [3.63, 3.8) is 0 Å². The highest BCUT2D eigenvalue weighted by Crippen LogP contribution is 2.30. The van der Waals surface area contributed by atoms with E-state index in [2.05, 4.69) is 4.98 Å². The zero-order valence-electron chi connectivity index (χ0n) is 10.3. The van der Waals surface area contributed by atoms with Crippen LogP contribution in [-0.2, 0) is 6.18 Å². The number of halogens is 4. The second-order valence-corrected chi connectivity index (χ2v) is 4.59. The first-order valence-corrected chi connectivity index (χ1v) is 6.01.